The number of fused-ring (bicyclic) bond motifs is 2. The van der Waals surface area contributed by atoms with Crippen molar-refractivity contribution in [2.24, 2.45) is 5.92 Å². The summed E-state index contributed by atoms with van der Waals surface area (Å²) >= 11 is 6.15. The van der Waals surface area contributed by atoms with Crippen LogP contribution >= 0.6 is 11.6 Å². The van der Waals surface area contributed by atoms with Gasteiger partial charge in [0.25, 0.3) is 0 Å². The van der Waals surface area contributed by atoms with Crippen molar-refractivity contribution >= 4 is 21.6 Å². The Morgan fingerprint density at radius 1 is 1.00 bits per heavy atom. The van der Waals surface area contributed by atoms with E-state index in [0.717, 1.165) is 50.3 Å². The third kappa shape index (κ3) is 4.11. The Balaban J connectivity index is 1.42. The van der Waals surface area contributed by atoms with Gasteiger partial charge in [0.05, 0.1) is 6.04 Å². The molecular formula is C23H27ClN2O3S. The Kier molecular flexibility index (Phi) is 5.52. The lowest BCUT2D eigenvalue weighted by Crippen LogP contribution is -2.48. The molecular weight excluding hydrogens is 420 g/mol. The van der Waals surface area contributed by atoms with Gasteiger partial charge in [0.15, 0.2) is 0 Å². The molecule has 1 saturated heterocycles. The molecule has 2 aliphatic heterocycles. The first kappa shape index (κ1) is 20.3. The summed E-state index contributed by atoms with van der Waals surface area (Å²) in [5, 5.41) is 0.745. The van der Waals surface area contributed by atoms with Crippen LogP contribution in [0.5, 0.6) is 5.75 Å². The fraction of sp³-hybridized carbons (Fsp3) is 0.478. The zero-order valence-corrected chi connectivity index (χ0v) is 18.5. The van der Waals surface area contributed by atoms with Crippen LogP contribution in [0.1, 0.15) is 31.2 Å². The van der Waals surface area contributed by atoms with E-state index in [2.05, 4.69) is 11.0 Å². The van der Waals surface area contributed by atoms with Crippen LogP contribution in [-0.2, 0) is 16.6 Å². The van der Waals surface area contributed by atoms with Crippen molar-refractivity contribution in [2.45, 2.75) is 49.3 Å². The largest absolute Gasteiger partial charge is 0.487 e. The minimum Gasteiger partial charge on any atom is -0.487 e. The standard InChI is InChI=1S/C23H27ClN2O3S/c24-19-5-3-4-18(14-19)15-25-12-10-20-21(11-13-25)29-22-6-1-2-7-23(22)30(27,28)26(20)16-17-8-9-17/h1-7,14,17,20-21H,8-13,15-16H2/t20-,21+/m1/s1. The highest BCUT2D eigenvalue weighted by molar-refractivity contribution is 7.89. The molecule has 160 valence electrons. The molecule has 30 heavy (non-hydrogen) atoms. The van der Waals surface area contributed by atoms with Crippen molar-refractivity contribution in [2.75, 3.05) is 19.6 Å². The molecule has 0 radical (unpaired) electrons. The Hall–Kier alpha value is -1.60. The number of ether oxygens (including phenoxy) is 1. The van der Waals surface area contributed by atoms with Crippen molar-refractivity contribution < 1.29 is 13.2 Å². The zero-order valence-electron chi connectivity index (χ0n) is 16.9. The van der Waals surface area contributed by atoms with Gasteiger partial charge in [0.1, 0.15) is 16.7 Å². The summed E-state index contributed by atoms with van der Waals surface area (Å²) in [6.07, 6.45) is 3.67. The van der Waals surface area contributed by atoms with E-state index >= 15 is 0 Å². The molecule has 2 aromatic rings. The van der Waals surface area contributed by atoms with Crippen LogP contribution in [0.15, 0.2) is 53.4 Å². The first-order valence-corrected chi connectivity index (χ1v) is 12.6. The van der Waals surface area contributed by atoms with E-state index in [9.17, 15) is 8.42 Å². The molecule has 0 amide bonds. The van der Waals surface area contributed by atoms with Crippen molar-refractivity contribution in [3.05, 3.63) is 59.1 Å². The molecule has 0 bridgehead atoms. The van der Waals surface area contributed by atoms with Gasteiger partial charge >= 0.3 is 0 Å². The zero-order chi connectivity index (χ0) is 20.7. The molecule has 2 atom stereocenters. The first-order chi connectivity index (χ1) is 14.5. The Morgan fingerprint density at radius 2 is 1.80 bits per heavy atom. The van der Waals surface area contributed by atoms with Crippen LogP contribution in [0.3, 0.4) is 0 Å². The molecule has 1 saturated carbocycles. The molecule has 0 N–H and O–H groups in total. The van der Waals surface area contributed by atoms with E-state index in [4.69, 9.17) is 16.3 Å². The number of halogens is 1. The average molecular weight is 447 g/mol. The second kappa shape index (κ2) is 8.15. The van der Waals surface area contributed by atoms with Gasteiger partial charge in [-0.3, -0.25) is 4.90 Å². The topological polar surface area (TPSA) is 49.9 Å². The number of hydrogen-bond donors (Lipinski definition) is 0. The van der Waals surface area contributed by atoms with Crippen LogP contribution in [0, 0.1) is 5.92 Å². The number of nitrogens with zero attached hydrogens (tertiary/aromatic N) is 2. The molecule has 7 heteroatoms. The Labute approximate surface area is 183 Å². The lowest BCUT2D eigenvalue weighted by molar-refractivity contribution is 0.111. The van der Waals surface area contributed by atoms with Gasteiger partial charge < -0.3 is 4.74 Å². The van der Waals surface area contributed by atoms with Crippen LogP contribution in [0.2, 0.25) is 5.02 Å². The molecule has 0 unspecified atom stereocenters. The van der Waals surface area contributed by atoms with Crippen LogP contribution < -0.4 is 4.74 Å². The number of hydrogen-bond acceptors (Lipinski definition) is 4. The minimum absolute atomic E-state index is 0.132. The summed E-state index contributed by atoms with van der Waals surface area (Å²) in [6.45, 7) is 3.12. The second-order valence-corrected chi connectivity index (χ2v) is 11.0. The highest BCUT2D eigenvalue weighted by Crippen LogP contribution is 2.40. The monoisotopic (exact) mass is 446 g/mol. The maximum atomic E-state index is 13.6. The molecule has 0 aromatic heterocycles. The van der Waals surface area contributed by atoms with E-state index < -0.39 is 10.0 Å². The van der Waals surface area contributed by atoms with Gasteiger partial charge in [-0.05, 0) is 61.4 Å². The second-order valence-electron chi connectivity index (χ2n) is 8.67. The number of para-hydroxylation sites is 1. The molecule has 2 aromatic carbocycles. The first-order valence-electron chi connectivity index (χ1n) is 10.7. The van der Waals surface area contributed by atoms with Crippen LogP contribution in [0.25, 0.3) is 0 Å². The lowest BCUT2D eigenvalue weighted by Gasteiger charge is -2.31. The normalized spacial score (nSPS) is 26.7. The molecule has 5 rings (SSSR count). The molecule has 2 fully saturated rings. The fourth-order valence-corrected chi connectivity index (χ4v) is 6.74. The van der Waals surface area contributed by atoms with E-state index in [1.54, 1.807) is 22.5 Å². The lowest BCUT2D eigenvalue weighted by atomic mass is 10.1. The summed E-state index contributed by atoms with van der Waals surface area (Å²) in [5.74, 6) is 0.977. The van der Waals surface area contributed by atoms with Gasteiger partial charge in [-0.25, -0.2) is 8.42 Å². The quantitative estimate of drug-likeness (QED) is 0.707. The van der Waals surface area contributed by atoms with E-state index in [-0.39, 0.29) is 12.1 Å². The van der Waals surface area contributed by atoms with Gasteiger partial charge in [0, 0.05) is 31.2 Å². The predicted molar refractivity (Wildman–Crippen MR) is 117 cm³/mol. The molecule has 1 aliphatic carbocycles. The summed E-state index contributed by atoms with van der Waals surface area (Å²) in [7, 11) is -3.57. The Bertz CT molecular complexity index is 1020. The molecule has 0 spiro atoms. The summed E-state index contributed by atoms with van der Waals surface area (Å²) in [4.78, 5) is 2.70. The van der Waals surface area contributed by atoms with Gasteiger partial charge in [0.2, 0.25) is 10.0 Å². The number of rotatable bonds is 4. The van der Waals surface area contributed by atoms with Crippen molar-refractivity contribution in [1.82, 2.24) is 9.21 Å². The van der Waals surface area contributed by atoms with Gasteiger partial charge in [-0.15, -0.1) is 0 Å². The average Bonchev–Trinajstić information content (AvgIpc) is 3.55. The highest BCUT2D eigenvalue weighted by Gasteiger charge is 2.45. The maximum Gasteiger partial charge on any atom is 0.247 e. The SMILES string of the molecule is O=S1(=O)c2ccccc2O[C@H]2CCN(Cc3cccc(Cl)c3)CC[C@H]2N1CC1CC1. The summed E-state index contributed by atoms with van der Waals surface area (Å²) in [5.41, 5.74) is 1.18. The predicted octanol–water partition coefficient (Wildman–Crippen LogP) is 4.17. The molecule has 5 nitrogen and oxygen atoms in total. The fourth-order valence-electron chi connectivity index (χ4n) is 4.65. The number of benzene rings is 2. The van der Waals surface area contributed by atoms with E-state index in [0.29, 0.717) is 23.1 Å². The third-order valence-electron chi connectivity index (χ3n) is 6.41. The van der Waals surface area contributed by atoms with Gasteiger partial charge in [-0.2, -0.15) is 4.31 Å². The summed E-state index contributed by atoms with van der Waals surface area (Å²) in [6, 6.07) is 14.9. The third-order valence-corrected chi connectivity index (χ3v) is 8.58. The van der Waals surface area contributed by atoms with Crippen LogP contribution in [0.4, 0.5) is 0 Å². The number of likely N-dealkylation sites (tertiary alicyclic amines) is 1. The maximum absolute atomic E-state index is 13.6. The van der Waals surface area contributed by atoms with Crippen LogP contribution in [-0.4, -0.2) is 49.4 Å². The van der Waals surface area contributed by atoms with E-state index in [1.807, 2.05) is 24.3 Å². The van der Waals surface area contributed by atoms with Gasteiger partial charge in [-0.1, -0.05) is 35.9 Å². The number of sulfonamides is 1. The summed E-state index contributed by atoms with van der Waals surface area (Å²) < 4.78 is 35.3. The smallest absolute Gasteiger partial charge is 0.247 e. The highest BCUT2D eigenvalue weighted by atomic mass is 35.5. The van der Waals surface area contributed by atoms with Crippen molar-refractivity contribution in [1.29, 1.82) is 0 Å². The molecule has 2 heterocycles. The van der Waals surface area contributed by atoms with E-state index in [1.165, 1.54) is 5.56 Å². The van der Waals surface area contributed by atoms with Crippen molar-refractivity contribution in [3.63, 3.8) is 0 Å². The van der Waals surface area contributed by atoms with Crippen molar-refractivity contribution in [3.8, 4) is 5.75 Å². The Morgan fingerprint density at radius 3 is 2.60 bits per heavy atom. The minimum atomic E-state index is -3.57. The molecule has 3 aliphatic rings.